The van der Waals surface area contributed by atoms with E-state index in [1.54, 1.807) is 0 Å². The maximum absolute atomic E-state index is 5.39. The topological polar surface area (TPSA) is 9.23 Å². The third-order valence-corrected chi connectivity index (χ3v) is 2.71. The summed E-state index contributed by atoms with van der Waals surface area (Å²) in [4.78, 5) is 0. The van der Waals surface area contributed by atoms with Crippen LogP contribution < -0.4 is 0 Å². The van der Waals surface area contributed by atoms with Crippen molar-refractivity contribution in [3.8, 4) is 0 Å². The van der Waals surface area contributed by atoms with Crippen molar-refractivity contribution in [2.24, 2.45) is 0 Å². The quantitative estimate of drug-likeness (QED) is 0.315. The van der Waals surface area contributed by atoms with Crippen LogP contribution in [-0.2, 0) is 4.74 Å². The van der Waals surface area contributed by atoms with E-state index in [-0.39, 0.29) is 4.58 Å². The third kappa shape index (κ3) is 14.7. The standard InChI is InChI=1S/C12H26OS2/c1-2-3-4-5-6-7-8-9-10-13-11-12(14)15/h12,14-15H,2-11H2,1H3. The first-order valence-corrected chi connectivity index (χ1v) is 7.24. The van der Waals surface area contributed by atoms with Gasteiger partial charge < -0.3 is 4.74 Å². The first-order chi connectivity index (χ1) is 7.27. The minimum Gasteiger partial charge on any atom is -0.379 e. The van der Waals surface area contributed by atoms with Crippen LogP contribution in [-0.4, -0.2) is 17.8 Å². The predicted octanol–water partition coefficient (Wildman–Crippen LogP) is 4.33. The maximum Gasteiger partial charge on any atom is 0.0675 e. The zero-order valence-corrected chi connectivity index (χ0v) is 11.7. The van der Waals surface area contributed by atoms with Gasteiger partial charge in [-0.1, -0.05) is 51.9 Å². The second-order valence-corrected chi connectivity index (χ2v) is 5.68. The molecule has 0 aromatic rings. The molecule has 0 aliphatic carbocycles. The fourth-order valence-corrected chi connectivity index (χ4v) is 1.74. The lowest BCUT2D eigenvalue weighted by Gasteiger charge is -2.05. The molecule has 0 heterocycles. The lowest BCUT2D eigenvalue weighted by molar-refractivity contribution is 0.142. The van der Waals surface area contributed by atoms with Crippen molar-refractivity contribution < 1.29 is 4.74 Å². The van der Waals surface area contributed by atoms with Gasteiger partial charge in [-0.25, -0.2) is 0 Å². The maximum atomic E-state index is 5.39. The molecular formula is C12H26OS2. The SMILES string of the molecule is CCCCCCCCCCOCC(S)S. The Morgan fingerprint density at radius 1 is 0.867 bits per heavy atom. The molecule has 0 atom stereocenters. The van der Waals surface area contributed by atoms with Crippen LogP contribution in [0.3, 0.4) is 0 Å². The summed E-state index contributed by atoms with van der Waals surface area (Å²) in [5.74, 6) is 0. The van der Waals surface area contributed by atoms with Crippen molar-refractivity contribution in [2.45, 2.75) is 62.9 Å². The zero-order chi connectivity index (χ0) is 11.4. The number of hydrogen-bond donors (Lipinski definition) is 2. The average Bonchev–Trinajstić information content (AvgIpc) is 2.20. The van der Waals surface area contributed by atoms with Crippen LogP contribution in [0.1, 0.15) is 58.3 Å². The molecule has 0 amide bonds. The van der Waals surface area contributed by atoms with E-state index < -0.39 is 0 Å². The van der Waals surface area contributed by atoms with E-state index in [9.17, 15) is 0 Å². The van der Waals surface area contributed by atoms with E-state index in [0.717, 1.165) is 6.61 Å². The van der Waals surface area contributed by atoms with E-state index in [2.05, 4.69) is 32.2 Å². The van der Waals surface area contributed by atoms with Crippen LogP contribution in [0.15, 0.2) is 0 Å². The van der Waals surface area contributed by atoms with Crippen LogP contribution in [0.5, 0.6) is 0 Å². The van der Waals surface area contributed by atoms with Gasteiger partial charge in [-0.05, 0) is 6.42 Å². The third-order valence-electron chi connectivity index (χ3n) is 2.41. The molecule has 0 N–H and O–H groups in total. The second kappa shape index (κ2) is 12.7. The predicted molar refractivity (Wildman–Crippen MR) is 75.2 cm³/mol. The van der Waals surface area contributed by atoms with Gasteiger partial charge in [0.15, 0.2) is 0 Å². The number of rotatable bonds is 11. The lowest BCUT2D eigenvalue weighted by Crippen LogP contribution is -2.03. The number of hydrogen-bond acceptors (Lipinski definition) is 3. The van der Waals surface area contributed by atoms with Gasteiger partial charge in [0.05, 0.1) is 11.2 Å². The van der Waals surface area contributed by atoms with Crippen molar-refractivity contribution >= 4 is 25.3 Å². The van der Waals surface area contributed by atoms with Crippen LogP contribution >= 0.6 is 25.3 Å². The summed E-state index contributed by atoms with van der Waals surface area (Å²) in [5.41, 5.74) is 0. The molecule has 0 spiro atoms. The van der Waals surface area contributed by atoms with E-state index in [4.69, 9.17) is 4.74 Å². The number of ether oxygens (including phenoxy) is 1. The van der Waals surface area contributed by atoms with Crippen molar-refractivity contribution in [1.29, 1.82) is 0 Å². The Labute approximate surface area is 106 Å². The number of thiol groups is 2. The highest BCUT2D eigenvalue weighted by Crippen LogP contribution is 2.08. The van der Waals surface area contributed by atoms with Gasteiger partial charge in [0.25, 0.3) is 0 Å². The molecule has 0 radical (unpaired) electrons. The van der Waals surface area contributed by atoms with Crippen molar-refractivity contribution in [3.05, 3.63) is 0 Å². The van der Waals surface area contributed by atoms with Gasteiger partial charge in [0, 0.05) is 6.61 Å². The lowest BCUT2D eigenvalue weighted by atomic mass is 10.1. The van der Waals surface area contributed by atoms with Crippen molar-refractivity contribution in [3.63, 3.8) is 0 Å². The highest BCUT2D eigenvalue weighted by Gasteiger charge is 1.95. The summed E-state index contributed by atoms with van der Waals surface area (Å²) in [6, 6.07) is 0. The minimum absolute atomic E-state index is 0.0686. The highest BCUT2D eigenvalue weighted by molar-refractivity contribution is 7.99. The molecule has 92 valence electrons. The van der Waals surface area contributed by atoms with Crippen molar-refractivity contribution in [1.82, 2.24) is 0 Å². The Kier molecular flexibility index (Phi) is 13.3. The summed E-state index contributed by atoms with van der Waals surface area (Å²) in [5, 5.41) is 0. The van der Waals surface area contributed by atoms with Gasteiger partial charge in [0.2, 0.25) is 0 Å². The summed E-state index contributed by atoms with van der Waals surface area (Å²) < 4.78 is 5.46. The smallest absolute Gasteiger partial charge is 0.0675 e. The molecule has 3 heteroatoms. The minimum atomic E-state index is 0.0686. The summed E-state index contributed by atoms with van der Waals surface area (Å²) in [6.45, 7) is 3.78. The van der Waals surface area contributed by atoms with Crippen LogP contribution in [0, 0.1) is 0 Å². The molecule has 0 aliphatic heterocycles. The zero-order valence-electron chi connectivity index (χ0n) is 9.95. The Morgan fingerprint density at radius 2 is 1.40 bits per heavy atom. The monoisotopic (exact) mass is 250 g/mol. The largest absolute Gasteiger partial charge is 0.379 e. The summed E-state index contributed by atoms with van der Waals surface area (Å²) in [7, 11) is 0. The molecule has 0 bridgehead atoms. The molecule has 15 heavy (non-hydrogen) atoms. The molecule has 1 nitrogen and oxygen atoms in total. The van der Waals surface area contributed by atoms with Gasteiger partial charge in [-0.15, -0.1) is 0 Å². The van der Waals surface area contributed by atoms with Gasteiger partial charge >= 0.3 is 0 Å². The summed E-state index contributed by atoms with van der Waals surface area (Å²) in [6.07, 6.45) is 10.8. The normalized spacial score (nSPS) is 11.2. The van der Waals surface area contributed by atoms with Crippen LogP contribution in [0.2, 0.25) is 0 Å². The van der Waals surface area contributed by atoms with Crippen molar-refractivity contribution in [2.75, 3.05) is 13.2 Å². The van der Waals surface area contributed by atoms with Gasteiger partial charge in [0.1, 0.15) is 0 Å². The number of unbranched alkanes of at least 4 members (excludes halogenated alkanes) is 7. The Hall–Kier alpha value is 0.660. The van der Waals surface area contributed by atoms with Crippen LogP contribution in [0.4, 0.5) is 0 Å². The average molecular weight is 250 g/mol. The van der Waals surface area contributed by atoms with Crippen LogP contribution in [0.25, 0.3) is 0 Å². The summed E-state index contributed by atoms with van der Waals surface area (Å²) >= 11 is 8.26. The molecule has 0 unspecified atom stereocenters. The molecule has 0 aromatic carbocycles. The van der Waals surface area contributed by atoms with E-state index >= 15 is 0 Å². The molecule has 0 saturated heterocycles. The Morgan fingerprint density at radius 3 is 1.93 bits per heavy atom. The molecule has 0 aliphatic rings. The van der Waals surface area contributed by atoms with E-state index in [1.165, 1.54) is 51.4 Å². The first-order valence-electron chi connectivity index (χ1n) is 6.21. The fraction of sp³-hybridized carbons (Fsp3) is 1.00. The molecular weight excluding hydrogens is 224 g/mol. The molecule has 0 saturated carbocycles. The second-order valence-electron chi connectivity index (χ2n) is 4.03. The Balaban J connectivity index is 2.87. The Bertz CT molecular complexity index is 118. The fourth-order valence-electron chi connectivity index (χ4n) is 1.53. The first kappa shape index (κ1) is 15.7. The molecule has 0 aromatic heterocycles. The molecule has 0 fully saturated rings. The molecule has 0 rings (SSSR count). The van der Waals surface area contributed by atoms with Gasteiger partial charge in [-0.2, -0.15) is 25.3 Å². The van der Waals surface area contributed by atoms with E-state index in [1.807, 2.05) is 0 Å². The van der Waals surface area contributed by atoms with E-state index in [0.29, 0.717) is 6.61 Å². The van der Waals surface area contributed by atoms with Gasteiger partial charge in [-0.3, -0.25) is 0 Å². The highest BCUT2D eigenvalue weighted by atomic mass is 32.2.